The van der Waals surface area contributed by atoms with Crippen molar-refractivity contribution < 1.29 is 13.2 Å². The summed E-state index contributed by atoms with van der Waals surface area (Å²) in [5.41, 5.74) is 0. The molecule has 0 saturated carbocycles. The van der Waals surface area contributed by atoms with Crippen LogP contribution < -0.4 is 9.46 Å². The minimum absolute atomic E-state index is 0.276. The van der Waals surface area contributed by atoms with Crippen molar-refractivity contribution in [1.82, 2.24) is 9.62 Å². The molecule has 0 aromatic heterocycles. The van der Waals surface area contributed by atoms with Crippen LogP contribution in [-0.2, 0) is 10.0 Å². The average molecular weight is 336 g/mol. The Bertz CT molecular complexity index is 657. The number of piperidine rings is 3. The summed E-state index contributed by atoms with van der Waals surface area (Å²) in [6.45, 7) is 6.45. The zero-order valence-electron chi connectivity index (χ0n) is 13.4. The third kappa shape index (κ3) is 3.44. The molecule has 1 aromatic rings. The molecule has 1 N–H and O–H groups in total. The molecule has 3 saturated heterocycles. The fraction of sp³-hybridized carbons (Fsp3) is 0.529. The number of nitrogens with one attached hydrogen (secondary N) is 1. The fourth-order valence-corrected chi connectivity index (χ4v) is 4.78. The van der Waals surface area contributed by atoms with Gasteiger partial charge in [0.05, 0.1) is 12.0 Å². The normalized spacial score (nSPS) is 30.1. The number of sulfonamides is 1. The number of ether oxygens (including phenoxy) is 1. The second-order valence-corrected chi connectivity index (χ2v) is 8.13. The molecule has 3 aliphatic rings. The third-order valence-electron chi connectivity index (χ3n) is 5.11. The van der Waals surface area contributed by atoms with Crippen molar-refractivity contribution in [2.75, 3.05) is 26.7 Å². The SMILES string of the molecule is C=C[C@H]1CN2CC[C@H]1C[C@@H]2CNS(=O)(=O)c1ccc(OC)cc1. The predicted octanol–water partition coefficient (Wildman–Crippen LogP) is 1.87. The van der Waals surface area contributed by atoms with Crippen LogP contribution in [-0.4, -0.2) is 46.1 Å². The van der Waals surface area contributed by atoms with Gasteiger partial charge in [-0.05, 0) is 55.5 Å². The highest BCUT2D eigenvalue weighted by molar-refractivity contribution is 7.89. The molecule has 4 rings (SSSR count). The topological polar surface area (TPSA) is 58.6 Å². The van der Waals surface area contributed by atoms with Crippen molar-refractivity contribution in [3.05, 3.63) is 36.9 Å². The number of fused-ring (bicyclic) bond motifs is 3. The number of hydrogen-bond donors (Lipinski definition) is 1. The maximum Gasteiger partial charge on any atom is 0.240 e. The van der Waals surface area contributed by atoms with Crippen molar-refractivity contribution in [1.29, 1.82) is 0 Å². The smallest absolute Gasteiger partial charge is 0.240 e. The summed E-state index contributed by atoms with van der Waals surface area (Å²) in [7, 11) is -1.91. The molecule has 3 fully saturated rings. The number of benzene rings is 1. The predicted molar refractivity (Wildman–Crippen MR) is 90.0 cm³/mol. The van der Waals surface area contributed by atoms with E-state index in [4.69, 9.17) is 4.74 Å². The summed E-state index contributed by atoms with van der Waals surface area (Å²) < 4.78 is 32.7. The Hall–Kier alpha value is -1.37. The average Bonchev–Trinajstić information content (AvgIpc) is 2.60. The maximum atomic E-state index is 12.4. The van der Waals surface area contributed by atoms with Crippen LogP contribution in [0.5, 0.6) is 5.75 Å². The molecule has 23 heavy (non-hydrogen) atoms. The van der Waals surface area contributed by atoms with E-state index in [1.54, 1.807) is 31.4 Å². The van der Waals surface area contributed by atoms with Crippen molar-refractivity contribution in [3.63, 3.8) is 0 Å². The van der Waals surface area contributed by atoms with Gasteiger partial charge in [0.1, 0.15) is 5.75 Å². The highest BCUT2D eigenvalue weighted by Crippen LogP contribution is 2.36. The first-order chi connectivity index (χ1) is 11.0. The summed E-state index contributed by atoms with van der Waals surface area (Å²) >= 11 is 0. The van der Waals surface area contributed by atoms with Gasteiger partial charge in [-0.1, -0.05) is 6.08 Å². The van der Waals surface area contributed by atoms with Crippen molar-refractivity contribution >= 4 is 10.0 Å². The second kappa shape index (κ2) is 6.63. The number of nitrogens with zero attached hydrogens (tertiary/aromatic N) is 1. The molecule has 3 aliphatic heterocycles. The first kappa shape index (κ1) is 16.5. The van der Waals surface area contributed by atoms with Crippen molar-refractivity contribution in [3.8, 4) is 5.75 Å². The lowest BCUT2D eigenvalue weighted by Gasteiger charge is -2.49. The first-order valence-electron chi connectivity index (χ1n) is 8.04. The van der Waals surface area contributed by atoms with Gasteiger partial charge in [-0.2, -0.15) is 0 Å². The van der Waals surface area contributed by atoms with E-state index in [2.05, 4.69) is 22.3 Å². The third-order valence-corrected chi connectivity index (χ3v) is 6.55. The zero-order chi connectivity index (χ0) is 16.4. The molecule has 0 amide bonds. The largest absolute Gasteiger partial charge is 0.497 e. The van der Waals surface area contributed by atoms with Gasteiger partial charge in [0.2, 0.25) is 10.0 Å². The molecule has 1 unspecified atom stereocenters. The van der Waals surface area contributed by atoms with Gasteiger partial charge in [0, 0.05) is 19.1 Å². The maximum absolute atomic E-state index is 12.4. The van der Waals surface area contributed by atoms with Crippen LogP contribution in [0, 0.1) is 11.8 Å². The zero-order valence-corrected chi connectivity index (χ0v) is 14.3. The Morgan fingerprint density at radius 1 is 1.39 bits per heavy atom. The highest BCUT2D eigenvalue weighted by Gasteiger charge is 2.38. The van der Waals surface area contributed by atoms with E-state index < -0.39 is 10.0 Å². The van der Waals surface area contributed by atoms with Crippen LogP contribution in [0.3, 0.4) is 0 Å². The molecule has 2 bridgehead atoms. The van der Waals surface area contributed by atoms with Gasteiger partial charge < -0.3 is 4.74 Å². The molecule has 126 valence electrons. The summed E-state index contributed by atoms with van der Waals surface area (Å²) in [6.07, 6.45) is 4.29. The molecule has 5 nitrogen and oxygen atoms in total. The van der Waals surface area contributed by atoms with Crippen LogP contribution in [0.2, 0.25) is 0 Å². The Morgan fingerprint density at radius 2 is 2.13 bits per heavy atom. The summed E-state index contributed by atoms with van der Waals surface area (Å²) in [5.74, 6) is 1.85. The monoisotopic (exact) mass is 336 g/mol. The molecule has 0 aliphatic carbocycles. The molecular weight excluding hydrogens is 312 g/mol. The quantitative estimate of drug-likeness (QED) is 0.806. The van der Waals surface area contributed by atoms with E-state index in [-0.39, 0.29) is 10.9 Å². The molecule has 6 heteroatoms. The highest BCUT2D eigenvalue weighted by atomic mass is 32.2. The van der Waals surface area contributed by atoms with E-state index in [0.29, 0.717) is 24.1 Å². The fourth-order valence-electron chi connectivity index (χ4n) is 3.70. The van der Waals surface area contributed by atoms with E-state index in [9.17, 15) is 8.42 Å². The minimum Gasteiger partial charge on any atom is -0.497 e. The lowest BCUT2D eigenvalue weighted by atomic mass is 9.76. The Morgan fingerprint density at radius 3 is 2.70 bits per heavy atom. The van der Waals surface area contributed by atoms with Crippen molar-refractivity contribution in [2.24, 2.45) is 11.8 Å². The van der Waals surface area contributed by atoms with E-state index >= 15 is 0 Å². The summed E-state index contributed by atoms with van der Waals surface area (Å²) in [5, 5.41) is 0. The van der Waals surface area contributed by atoms with Gasteiger partial charge in [-0.3, -0.25) is 4.90 Å². The lowest BCUT2D eigenvalue weighted by molar-refractivity contribution is 0.0218. The summed E-state index contributed by atoms with van der Waals surface area (Å²) in [6, 6.07) is 6.76. The number of hydrogen-bond acceptors (Lipinski definition) is 4. The molecular formula is C17H24N2O3S. The van der Waals surface area contributed by atoms with Crippen LogP contribution in [0.1, 0.15) is 12.8 Å². The Kier molecular flexibility index (Phi) is 4.75. The standard InChI is InChI=1S/C17H24N2O3S/c1-3-13-12-19-9-8-14(13)10-15(19)11-18-23(20,21)17-6-4-16(22-2)5-7-17/h3-7,13-15,18H,1,8-12H2,2H3/t13-,14-,15+/m0/s1. The van der Waals surface area contributed by atoms with Crippen LogP contribution in [0.25, 0.3) is 0 Å². The van der Waals surface area contributed by atoms with Crippen LogP contribution in [0.4, 0.5) is 0 Å². The van der Waals surface area contributed by atoms with Gasteiger partial charge in [-0.25, -0.2) is 13.1 Å². The first-order valence-corrected chi connectivity index (χ1v) is 9.52. The second-order valence-electron chi connectivity index (χ2n) is 6.36. The van der Waals surface area contributed by atoms with E-state index in [1.165, 1.54) is 6.42 Å². The molecule has 0 spiro atoms. The van der Waals surface area contributed by atoms with Crippen LogP contribution in [0.15, 0.2) is 41.8 Å². The van der Waals surface area contributed by atoms with Gasteiger partial charge in [-0.15, -0.1) is 6.58 Å². The Balaban J connectivity index is 1.62. The Labute approximate surface area is 138 Å². The van der Waals surface area contributed by atoms with Gasteiger partial charge in [0.15, 0.2) is 0 Å². The van der Waals surface area contributed by atoms with Gasteiger partial charge in [0.25, 0.3) is 0 Å². The molecule has 0 radical (unpaired) electrons. The number of rotatable bonds is 6. The molecule has 3 heterocycles. The van der Waals surface area contributed by atoms with E-state index in [0.717, 1.165) is 19.5 Å². The lowest BCUT2D eigenvalue weighted by Crippen LogP contribution is -2.56. The molecule has 1 aromatic carbocycles. The van der Waals surface area contributed by atoms with Crippen molar-refractivity contribution in [2.45, 2.75) is 23.8 Å². The van der Waals surface area contributed by atoms with Gasteiger partial charge >= 0.3 is 0 Å². The molecule has 4 atom stereocenters. The summed E-state index contributed by atoms with van der Waals surface area (Å²) in [4.78, 5) is 2.67. The minimum atomic E-state index is -3.47. The van der Waals surface area contributed by atoms with Crippen LogP contribution >= 0.6 is 0 Å². The number of methoxy groups -OCH3 is 1. The van der Waals surface area contributed by atoms with E-state index in [1.807, 2.05) is 0 Å².